The maximum absolute atomic E-state index is 13.6. The van der Waals surface area contributed by atoms with Gasteiger partial charge in [0.05, 0.1) is 11.4 Å². The quantitative estimate of drug-likeness (QED) is 0.720. The molecule has 0 saturated carbocycles. The molecule has 114 valence electrons. The third-order valence-corrected chi connectivity index (χ3v) is 3.35. The minimum absolute atomic E-state index is 0.206. The molecule has 3 N–H and O–H groups in total. The summed E-state index contributed by atoms with van der Waals surface area (Å²) in [5, 5.41) is 2.94. The second kappa shape index (κ2) is 6.27. The summed E-state index contributed by atoms with van der Waals surface area (Å²) in [5.41, 5.74) is 7.45. The predicted molar refractivity (Wildman–Crippen MR) is 88.2 cm³/mol. The van der Waals surface area contributed by atoms with Crippen molar-refractivity contribution in [3.8, 4) is 0 Å². The lowest BCUT2D eigenvalue weighted by molar-refractivity contribution is 0.103. The van der Waals surface area contributed by atoms with E-state index in [1.165, 1.54) is 18.2 Å². The Morgan fingerprint density at radius 3 is 2.57 bits per heavy atom. The van der Waals surface area contributed by atoms with Crippen LogP contribution in [0, 0.1) is 5.82 Å². The van der Waals surface area contributed by atoms with Gasteiger partial charge in [-0.25, -0.2) is 9.37 Å². The lowest BCUT2D eigenvalue weighted by atomic mass is 10.0. The van der Waals surface area contributed by atoms with Crippen LogP contribution in [0.5, 0.6) is 0 Å². The molecule has 0 amide bonds. The van der Waals surface area contributed by atoms with Crippen molar-refractivity contribution in [1.82, 2.24) is 4.98 Å². The van der Waals surface area contributed by atoms with Gasteiger partial charge in [-0.05, 0) is 30.3 Å². The molecular weight excluding hydrogens is 293 g/mol. The number of hydrogen-bond donors (Lipinski definition) is 2. The highest BCUT2D eigenvalue weighted by molar-refractivity contribution is 6.12. The number of nitrogens with one attached hydrogen (secondary N) is 1. The molecule has 23 heavy (non-hydrogen) atoms. The van der Waals surface area contributed by atoms with Crippen molar-refractivity contribution >= 4 is 23.0 Å². The summed E-state index contributed by atoms with van der Waals surface area (Å²) in [4.78, 5) is 16.7. The van der Waals surface area contributed by atoms with E-state index in [-0.39, 0.29) is 5.78 Å². The van der Waals surface area contributed by atoms with Crippen LogP contribution in [0.4, 0.5) is 21.6 Å². The monoisotopic (exact) mass is 307 g/mol. The Morgan fingerprint density at radius 1 is 1.04 bits per heavy atom. The first kappa shape index (κ1) is 14.7. The molecule has 1 aromatic heterocycles. The number of halogens is 1. The molecule has 3 aromatic rings. The summed E-state index contributed by atoms with van der Waals surface area (Å²) in [6, 6.07) is 16.1. The second-order valence-corrected chi connectivity index (χ2v) is 4.95. The fourth-order valence-corrected chi connectivity index (χ4v) is 2.21. The van der Waals surface area contributed by atoms with E-state index >= 15 is 0 Å². The number of hydrogen-bond acceptors (Lipinski definition) is 4. The van der Waals surface area contributed by atoms with Gasteiger partial charge in [0.15, 0.2) is 11.6 Å². The van der Waals surface area contributed by atoms with Crippen molar-refractivity contribution in [2.75, 3.05) is 11.1 Å². The van der Waals surface area contributed by atoms with Gasteiger partial charge in [0, 0.05) is 17.3 Å². The number of pyridine rings is 1. The van der Waals surface area contributed by atoms with E-state index in [9.17, 15) is 9.18 Å². The van der Waals surface area contributed by atoms with Crippen LogP contribution in [0.1, 0.15) is 15.9 Å². The highest BCUT2D eigenvalue weighted by Gasteiger charge is 2.15. The number of benzene rings is 2. The highest BCUT2D eigenvalue weighted by Crippen LogP contribution is 2.26. The topological polar surface area (TPSA) is 68.0 Å². The van der Waals surface area contributed by atoms with Crippen LogP contribution in [-0.4, -0.2) is 10.8 Å². The van der Waals surface area contributed by atoms with Gasteiger partial charge in [-0.1, -0.05) is 30.3 Å². The van der Waals surface area contributed by atoms with Crippen molar-refractivity contribution < 1.29 is 9.18 Å². The Kier molecular flexibility index (Phi) is 4.01. The first-order chi connectivity index (χ1) is 11.1. The number of carbonyl (C=O) groups excluding carboxylic acids is 1. The minimum Gasteiger partial charge on any atom is -0.396 e. The van der Waals surface area contributed by atoms with Crippen LogP contribution in [0.25, 0.3) is 0 Å². The van der Waals surface area contributed by atoms with E-state index in [1.807, 2.05) is 6.07 Å². The minimum atomic E-state index is -0.452. The SMILES string of the molecule is Nc1cccnc1Nc1cc(F)ccc1C(=O)c1ccccc1. The molecule has 0 radical (unpaired) electrons. The molecule has 0 spiro atoms. The Hall–Kier alpha value is -3.21. The number of nitrogens with two attached hydrogens (primary N) is 1. The van der Waals surface area contributed by atoms with Gasteiger partial charge in [-0.2, -0.15) is 0 Å². The summed E-state index contributed by atoms with van der Waals surface area (Å²) < 4.78 is 13.6. The van der Waals surface area contributed by atoms with E-state index < -0.39 is 5.82 Å². The van der Waals surface area contributed by atoms with Gasteiger partial charge < -0.3 is 11.1 Å². The van der Waals surface area contributed by atoms with Crippen molar-refractivity contribution in [3.63, 3.8) is 0 Å². The third-order valence-electron chi connectivity index (χ3n) is 3.35. The molecule has 0 aliphatic rings. The Morgan fingerprint density at radius 2 is 1.83 bits per heavy atom. The van der Waals surface area contributed by atoms with Crippen LogP contribution in [0.2, 0.25) is 0 Å². The first-order valence-corrected chi connectivity index (χ1v) is 7.02. The second-order valence-electron chi connectivity index (χ2n) is 4.95. The van der Waals surface area contributed by atoms with Gasteiger partial charge in [-0.15, -0.1) is 0 Å². The third kappa shape index (κ3) is 3.18. The molecule has 0 aliphatic carbocycles. The zero-order valence-electron chi connectivity index (χ0n) is 12.2. The van der Waals surface area contributed by atoms with Crippen LogP contribution >= 0.6 is 0 Å². The predicted octanol–water partition coefficient (Wildman–Crippen LogP) is 3.78. The number of ketones is 1. The zero-order chi connectivity index (χ0) is 16.2. The standard InChI is InChI=1S/C18H14FN3O/c19-13-8-9-14(17(23)12-5-2-1-3-6-12)16(11-13)22-18-15(20)7-4-10-21-18/h1-11H,20H2,(H,21,22). The van der Waals surface area contributed by atoms with Crippen LogP contribution in [0.15, 0.2) is 66.9 Å². The van der Waals surface area contributed by atoms with Crippen molar-refractivity contribution in [3.05, 3.63) is 83.8 Å². The van der Waals surface area contributed by atoms with E-state index in [0.717, 1.165) is 0 Å². The van der Waals surface area contributed by atoms with Crippen LogP contribution in [-0.2, 0) is 0 Å². The van der Waals surface area contributed by atoms with E-state index in [2.05, 4.69) is 10.3 Å². The Balaban J connectivity index is 2.02. The molecule has 4 nitrogen and oxygen atoms in total. The number of anilines is 3. The molecule has 0 saturated heterocycles. The van der Waals surface area contributed by atoms with Gasteiger partial charge >= 0.3 is 0 Å². The molecule has 2 aromatic carbocycles. The fourth-order valence-electron chi connectivity index (χ4n) is 2.21. The molecule has 0 fully saturated rings. The summed E-state index contributed by atoms with van der Waals surface area (Å²) in [6.07, 6.45) is 1.57. The summed E-state index contributed by atoms with van der Waals surface area (Å²) in [5.74, 6) is -0.283. The van der Waals surface area contributed by atoms with E-state index in [4.69, 9.17) is 5.73 Å². The number of carbonyl (C=O) groups is 1. The number of nitrogens with zero attached hydrogens (tertiary/aromatic N) is 1. The average Bonchev–Trinajstić information content (AvgIpc) is 2.57. The summed E-state index contributed by atoms with van der Waals surface area (Å²) in [6.45, 7) is 0. The molecule has 0 bridgehead atoms. The maximum Gasteiger partial charge on any atom is 0.195 e. The first-order valence-electron chi connectivity index (χ1n) is 7.02. The number of aromatic nitrogens is 1. The van der Waals surface area contributed by atoms with Crippen molar-refractivity contribution in [2.45, 2.75) is 0 Å². The Bertz CT molecular complexity index is 850. The van der Waals surface area contributed by atoms with Crippen molar-refractivity contribution in [2.24, 2.45) is 0 Å². The van der Waals surface area contributed by atoms with Gasteiger partial charge in [0.25, 0.3) is 0 Å². The molecule has 3 rings (SSSR count). The Labute approximate surface area is 132 Å². The normalized spacial score (nSPS) is 10.3. The highest BCUT2D eigenvalue weighted by atomic mass is 19.1. The fraction of sp³-hybridized carbons (Fsp3) is 0. The molecule has 5 heteroatoms. The van der Waals surface area contributed by atoms with Crippen LogP contribution in [0.3, 0.4) is 0 Å². The van der Waals surface area contributed by atoms with E-state index in [0.29, 0.717) is 28.3 Å². The average molecular weight is 307 g/mol. The molecular formula is C18H14FN3O. The van der Waals surface area contributed by atoms with Crippen LogP contribution < -0.4 is 11.1 Å². The molecule has 1 heterocycles. The maximum atomic E-state index is 13.6. The van der Waals surface area contributed by atoms with Gasteiger partial charge in [0.2, 0.25) is 0 Å². The van der Waals surface area contributed by atoms with Gasteiger partial charge in [0.1, 0.15) is 5.82 Å². The number of nitrogen functional groups attached to an aromatic ring is 1. The largest absolute Gasteiger partial charge is 0.396 e. The smallest absolute Gasteiger partial charge is 0.195 e. The lowest BCUT2D eigenvalue weighted by Crippen LogP contribution is -2.07. The summed E-state index contributed by atoms with van der Waals surface area (Å²) in [7, 11) is 0. The summed E-state index contributed by atoms with van der Waals surface area (Å²) >= 11 is 0. The molecule has 0 unspecified atom stereocenters. The molecule has 0 aliphatic heterocycles. The van der Waals surface area contributed by atoms with E-state index in [1.54, 1.807) is 42.6 Å². The lowest BCUT2D eigenvalue weighted by Gasteiger charge is -2.12. The van der Waals surface area contributed by atoms with Gasteiger partial charge in [-0.3, -0.25) is 4.79 Å². The zero-order valence-corrected chi connectivity index (χ0v) is 12.2. The number of rotatable bonds is 4. The molecule has 0 atom stereocenters. The van der Waals surface area contributed by atoms with Crippen molar-refractivity contribution in [1.29, 1.82) is 0 Å².